The number of rotatable bonds is 2. The van der Waals surface area contributed by atoms with Gasteiger partial charge in [0.15, 0.2) is 0 Å². The predicted molar refractivity (Wildman–Crippen MR) is 71.9 cm³/mol. The van der Waals surface area contributed by atoms with E-state index in [0.29, 0.717) is 0 Å². The molecule has 0 aliphatic carbocycles. The van der Waals surface area contributed by atoms with Gasteiger partial charge >= 0.3 is 0 Å². The highest BCUT2D eigenvalue weighted by Crippen LogP contribution is 2.50. The average molecular weight is 305 g/mol. The molecule has 2 aromatic carbocycles. The van der Waals surface area contributed by atoms with Gasteiger partial charge in [0.25, 0.3) is 10.1 Å². The van der Waals surface area contributed by atoms with Gasteiger partial charge in [-0.1, -0.05) is 18.2 Å². The zero-order chi connectivity index (χ0) is 14.4. The molecule has 0 radical (unpaired) electrons. The second-order valence-electron chi connectivity index (χ2n) is 3.83. The summed E-state index contributed by atoms with van der Waals surface area (Å²) in [6.45, 7) is 0. The number of fused-ring (bicyclic) bond motifs is 1. The maximum atomic E-state index is 11.2. The van der Waals surface area contributed by atoms with Crippen molar-refractivity contribution < 1.29 is 26.6 Å². The minimum Gasteiger partial charge on any atom is -0.398 e. The summed E-state index contributed by atoms with van der Waals surface area (Å²) in [7, 11) is -8.60. The Morgan fingerprint density at radius 2 is 1.53 bits per heavy atom. The van der Waals surface area contributed by atoms with Crippen molar-refractivity contribution in [2.24, 2.45) is 0 Å². The van der Waals surface area contributed by atoms with Crippen molar-refractivity contribution in [2.75, 3.05) is 5.73 Å². The van der Waals surface area contributed by atoms with Crippen LogP contribution in [0.3, 0.4) is 0 Å². The zero-order valence-corrected chi connectivity index (χ0v) is 11.0. The second-order valence-corrected chi connectivity index (χ2v) is 6.66. The molecule has 0 aliphatic heterocycles. The molecule has 0 heterocycles. The standard InChI is InChI=1S/C10H11NO6S2/c11-8-5-4-6-7(10(8)19(15,16)17)2-1-3-9(6)18(12,13)14/h1-5,15-17H,11H2,(H,12,13,14). The van der Waals surface area contributed by atoms with Crippen LogP contribution in [0.25, 0.3) is 10.8 Å². The van der Waals surface area contributed by atoms with Crippen LogP contribution in [0.4, 0.5) is 5.69 Å². The maximum Gasteiger partial charge on any atom is 0.295 e. The van der Waals surface area contributed by atoms with Crippen LogP contribution < -0.4 is 5.73 Å². The largest absolute Gasteiger partial charge is 0.398 e. The van der Waals surface area contributed by atoms with Gasteiger partial charge in [0.1, 0.15) is 15.8 Å². The number of anilines is 1. The Hall–Kier alpha value is -1.36. The third-order valence-electron chi connectivity index (χ3n) is 2.55. The van der Waals surface area contributed by atoms with E-state index in [-0.39, 0.29) is 21.4 Å². The number of hydrogen-bond donors (Lipinski definition) is 5. The van der Waals surface area contributed by atoms with Gasteiger partial charge < -0.3 is 19.4 Å². The third kappa shape index (κ3) is 2.52. The Labute approximate surface area is 110 Å². The Bertz CT molecular complexity index is 750. The molecule has 0 aromatic heterocycles. The fraction of sp³-hybridized carbons (Fsp3) is 0. The zero-order valence-electron chi connectivity index (χ0n) is 9.39. The molecule has 0 bridgehead atoms. The fourth-order valence-corrected chi connectivity index (χ4v) is 3.41. The van der Waals surface area contributed by atoms with Crippen LogP contribution >= 0.6 is 10.9 Å². The van der Waals surface area contributed by atoms with Crippen LogP contribution in [-0.4, -0.2) is 26.6 Å². The molecule has 104 valence electrons. The van der Waals surface area contributed by atoms with E-state index >= 15 is 0 Å². The number of hydrogen-bond acceptors (Lipinski definition) is 6. The van der Waals surface area contributed by atoms with Gasteiger partial charge in [-0.2, -0.15) is 8.42 Å². The first-order valence-electron chi connectivity index (χ1n) is 4.92. The van der Waals surface area contributed by atoms with Gasteiger partial charge in [-0.05, 0) is 12.1 Å². The van der Waals surface area contributed by atoms with Gasteiger partial charge in [0, 0.05) is 10.8 Å². The summed E-state index contributed by atoms with van der Waals surface area (Å²) < 4.78 is 59.7. The normalized spacial score (nSPS) is 13.7. The van der Waals surface area contributed by atoms with Gasteiger partial charge in [0.05, 0.1) is 10.6 Å². The van der Waals surface area contributed by atoms with Crippen molar-refractivity contribution in [1.29, 1.82) is 0 Å². The van der Waals surface area contributed by atoms with Gasteiger partial charge in [-0.25, -0.2) is 0 Å². The fourth-order valence-electron chi connectivity index (χ4n) is 1.85. The lowest BCUT2D eigenvalue weighted by Gasteiger charge is -2.23. The third-order valence-corrected chi connectivity index (χ3v) is 4.47. The van der Waals surface area contributed by atoms with E-state index in [0.717, 1.165) is 6.07 Å². The smallest absolute Gasteiger partial charge is 0.295 e. The molecule has 19 heavy (non-hydrogen) atoms. The molecule has 0 saturated carbocycles. The highest BCUT2D eigenvalue weighted by atomic mass is 32.3. The number of benzene rings is 2. The first-order valence-corrected chi connectivity index (χ1v) is 7.86. The highest BCUT2D eigenvalue weighted by Gasteiger charge is 2.24. The Balaban J connectivity index is 2.98. The van der Waals surface area contributed by atoms with Crippen LogP contribution in [0.1, 0.15) is 0 Å². The topological polar surface area (TPSA) is 141 Å². The molecule has 2 rings (SSSR count). The summed E-state index contributed by atoms with van der Waals surface area (Å²) >= 11 is 0. The molecule has 7 nitrogen and oxygen atoms in total. The number of nitrogens with two attached hydrogens (primary N) is 1. The Morgan fingerprint density at radius 1 is 0.895 bits per heavy atom. The highest BCUT2D eigenvalue weighted by molar-refractivity contribution is 8.19. The van der Waals surface area contributed by atoms with Crippen LogP contribution in [0, 0.1) is 0 Å². The molecular weight excluding hydrogens is 294 g/mol. The van der Waals surface area contributed by atoms with Crippen molar-refractivity contribution in [3.63, 3.8) is 0 Å². The van der Waals surface area contributed by atoms with Crippen LogP contribution in [0.2, 0.25) is 0 Å². The Morgan fingerprint density at radius 3 is 2.05 bits per heavy atom. The van der Waals surface area contributed by atoms with E-state index in [9.17, 15) is 22.1 Å². The second kappa shape index (κ2) is 4.34. The molecule has 9 heteroatoms. The van der Waals surface area contributed by atoms with Crippen LogP contribution in [0.15, 0.2) is 40.1 Å². The number of nitrogen functional groups attached to an aromatic ring is 1. The van der Waals surface area contributed by atoms with Crippen LogP contribution in [0.5, 0.6) is 0 Å². The lowest BCUT2D eigenvalue weighted by Crippen LogP contribution is -2.04. The molecule has 0 saturated heterocycles. The first kappa shape index (κ1) is 14.1. The van der Waals surface area contributed by atoms with E-state index in [1.165, 1.54) is 24.3 Å². The molecule has 0 unspecified atom stereocenters. The predicted octanol–water partition coefficient (Wildman–Crippen LogP) is 2.25. The van der Waals surface area contributed by atoms with Crippen molar-refractivity contribution in [3.05, 3.63) is 30.3 Å². The monoisotopic (exact) mass is 305 g/mol. The Kier molecular flexibility index (Phi) is 3.21. The average Bonchev–Trinajstić information content (AvgIpc) is 2.24. The lowest BCUT2D eigenvalue weighted by molar-refractivity contribution is 0.377. The summed E-state index contributed by atoms with van der Waals surface area (Å²) in [5.74, 6) is 0. The van der Waals surface area contributed by atoms with E-state index in [4.69, 9.17) is 10.3 Å². The lowest BCUT2D eigenvalue weighted by atomic mass is 10.1. The molecule has 0 aliphatic rings. The van der Waals surface area contributed by atoms with Gasteiger partial charge in [-0.3, -0.25) is 4.55 Å². The minimum atomic E-state index is -4.48. The van der Waals surface area contributed by atoms with E-state index in [1.54, 1.807) is 0 Å². The van der Waals surface area contributed by atoms with E-state index in [1.807, 2.05) is 0 Å². The van der Waals surface area contributed by atoms with Crippen molar-refractivity contribution in [3.8, 4) is 0 Å². The molecule has 0 spiro atoms. The SMILES string of the molecule is Nc1ccc2c(S(=O)(=O)O)cccc2c1S(O)(O)O. The summed E-state index contributed by atoms with van der Waals surface area (Å²) in [6, 6.07) is 6.33. The summed E-state index contributed by atoms with van der Waals surface area (Å²) in [5.41, 5.74) is 5.47. The van der Waals surface area contributed by atoms with Crippen molar-refractivity contribution >= 4 is 37.4 Å². The van der Waals surface area contributed by atoms with Crippen molar-refractivity contribution in [2.45, 2.75) is 9.79 Å². The summed E-state index contributed by atoms with van der Waals surface area (Å²) in [4.78, 5) is -0.773. The quantitative estimate of drug-likeness (QED) is 0.423. The molecular formula is C10H11NO6S2. The molecule has 0 amide bonds. The molecule has 6 N–H and O–H groups in total. The maximum absolute atomic E-state index is 11.2. The molecule has 2 aromatic rings. The van der Waals surface area contributed by atoms with Gasteiger partial charge in [0.2, 0.25) is 0 Å². The van der Waals surface area contributed by atoms with Crippen molar-refractivity contribution in [1.82, 2.24) is 0 Å². The van der Waals surface area contributed by atoms with Gasteiger partial charge in [-0.15, -0.1) is 0 Å². The summed E-state index contributed by atoms with van der Waals surface area (Å²) in [6.07, 6.45) is 0. The first-order chi connectivity index (χ1) is 8.62. The summed E-state index contributed by atoms with van der Waals surface area (Å²) in [5, 5.41) is 0.0702. The molecule has 0 fully saturated rings. The van der Waals surface area contributed by atoms with Crippen LogP contribution in [-0.2, 0) is 10.1 Å². The minimum absolute atomic E-state index is 0.0308. The van der Waals surface area contributed by atoms with E-state index in [2.05, 4.69) is 0 Å². The molecule has 0 atom stereocenters. The van der Waals surface area contributed by atoms with E-state index < -0.39 is 25.9 Å².